The van der Waals surface area contributed by atoms with Crippen LogP contribution in [0.5, 0.6) is 0 Å². The second-order valence-electron chi connectivity index (χ2n) is 10.0. The summed E-state index contributed by atoms with van der Waals surface area (Å²) in [6.45, 7) is 8.05. The standard InChI is InChI=1S/C27H37N3O3S/c1-19(2)22-9-11-23(12-10-22)25-20(3)26(29-34(25,32)33)30-17-14-24(15-18-30)27(31)28-16-13-21-7-5-4-6-8-21/h7,9-12,19,24H,4-6,8,13-18H2,1-3H3,(H,28,31). The quantitative estimate of drug-likeness (QED) is 0.578. The van der Waals surface area contributed by atoms with Crippen LogP contribution in [0.4, 0.5) is 0 Å². The van der Waals surface area contributed by atoms with Crippen molar-refractivity contribution in [1.29, 1.82) is 0 Å². The van der Waals surface area contributed by atoms with Gasteiger partial charge in [0.1, 0.15) is 10.7 Å². The highest BCUT2D eigenvalue weighted by Gasteiger charge is 2.35. The first-order valence-electron chi connectivity index (χ1n) is 12.6. The average Bonchev–Trinajstić information content (AvgIpc) is 3.08. The van der Waals surface area contributed by atoms with Crippen molar-refractivity contribution < 1.29 is 13.2 Å². The molecule has 7 heteroatoms. The van der Waals surface area contributed by atoms with Gasteiger partial charge in [-0.1, -0.05) is 49.8 Å². The number of allylic oxidation sites excluding steroid dienone is 1. The summed E-state index contributed by atoms with van der Waals surface area (Å²) in [6.07, 6.45) is 9.56. The van der Waals surface area contributed by atoms with E-state index in [4.69, 9.17) is 0 Å². The SMILES string of the molecule is CC1=C(c2ccc(C(C)C)cc2)S(=O)(=O)N=C1N1CCC(C(=O)NCCC2=CCCCC2)CC1. The Kier molecular flexibility index (Phi) is 7.60. The molecule has 0 aromatic heterocycles. The van der Waals surface area contributed by atoms with Gasteiger partial charge in [0.25, 0.3) is 10.0 Å². The molecule has 2 aliphatic heterocycles. The maximum atomic E-state index is 12.9. The van der Waals surface area contributed by atoms with Crippen molar-refractivity contribution in [3.63, 3.8) is 0 Å². The Labute approximate surface area is 204 Å². The monoisotopic (exact) mass is 483 g/mol. The second kappa shape index (κ2) is 10.5. The van der Waals surface area contributed by atoms with E-state index in [0.717, 1.165) is 12.8 Å². The van der Waals surface area contributed by atoms with Gasteiger partial charge in [0.2, 0.25) is 5.91 Å². The van der Waals surface area contributed by atoms with Gasteiger partial charge in [-0.15, -0.1) is 4.40 Å². The van der Waals surface area contributed by atoms with Gasteiger partial charge in [0.05, 0.1) is 0 Å². The Balaban J connectivity index is 1.36. The van der Waals surface area contributed by atoms with E-state index in [1.165, 1.54) is 30.4 Å². The molecule has 2 heterocycles. The number of sulfonamides is 1. The Morgan fingerprint density at radius 1 is 1.15 bits per heavy atom. The molecule has 3 aliphatic rings. The van der Waals surface area contributed by atoms with Gasteiger partial charge >= 0.3 is 0 Å². The van der Waals surface area contributed by atoms with E-state index in [2.05, 4.69) is 29.6 Å². The molecule has 1 saturated heterocycles. The number of nitrogens with zero attached hydrogens (tertiary/aromatic N) is 2. The minimum atomic E-state index is -3.73. The van der Waals surface area contributed by atoms with Crippen molar-refractivity contribution in [2.75, 3.05) is 19.6 Å². The van der Waals surface area contributed by atoms with Gasteiger partial charge in [0, 0.05) is 31.1 Å². The molecule has 34 heavy (non-hydrogen) atoms. The molecule has 0 radical (unpaired) electrons. The number of nitrogens with one attached hydrogen (secondary N) is 1. The Morgan fingerprint density at radius 3 is 2.47 bits per heavy atom. The van der Waals surface area contributed by atoms with Gasteiger partial charge in [0.15, 0.2) is 0 Å². The predicted octanol–water partition coefficient (Wildman–Crippen LogP) is 5.00. The van der Waals surface area contributed by atoms with Crippen molar-refractivity contribution in [1.82, 2.24) is 10.2 Å². The summed E-state index contributed by atoms with van der Waals surface area (Å²) in [5, 5.41) is 3.11. The van der Waals surface area contributed by atoms with E-state index in [-0.39, 0.29) is 11.8 Å². The van der Waals surface area contributed by atoms with E-state index in [1.807, 2.05) is 36.1 Å². The van der Waals surface area contributed by atoms with Crippen LogP contribution in [0.2, 0.25) is 0 Å². The summed E-state index contributed by atoms with van der Waals surface area (Å²) in [5.74, 6) is 1.02. The lowest BCUT2D eigenvalue weighted by molar-refractivity contribution is -0.126. The highest BCUT2D eigenvalue weighted by molar-refractivity contribution is 8.00. The molecule has 1 fully saturated rings. The zero-order valence-electron chi connectivity index (χ0n) is 20.6. The summed E-state index contributed by atoms with van der Waals surface area (Å²) in [6, 6.07) is 7.74. The maximum Gasteiger partial charge on any atom is 0.285 e. The molecule has 1 aromatic carbocycles. The van der Waals surface area contributed by atoms with Crippen molar-refractivity contribution >= 4 is 26.7 Å². The van der Waals surface area contributed by atoms with Gasteiger partial charge in [-0.2, -0.15) is 8.42 Å². The number of likely N-dealkylation sites (tertiary alicyclic amines) is 1. The van der Waals surface area contributed by atoms with Gasteiger partial charge in [-0.3, -0.25) is 4.79 Å². The van der Waals surface area contributed by atoms with Gasteiger partial charge in [-0.05, 0) is 68.9 Å². The van der Waals surface area contributed by atoms with Crippen molar-refractivity contribution in [3.05, 3.63) is 52.6 Å². The molecule has 1 aromatic rings. The molecule has 1 amide bonds. The number of benzene rings is 1. The third-order valence-electron chi connectivity index (χ3n) is 7.28. The molecule has 184 valence electrons. The van der Waals surface area contributed by atoms with E-state index < -0.39 is 10.0 Å². The number of amidine groups is 1. The first-order valence-corrected chi connectivity index (χ1v) is 14.1. The lowest BCUT2D eigenvalue weighted by atomic mass is 9.94. The average molecular weight is 484 g/mol. The number of amides is 1. The minimum Gasteiger partial charge on any atom is -0.356 e. The molecule has 6 nitrogen and oxygen atoms in total. The highest BCUT2D eigenvalue weighted by Crippen LogP contribution is 2.35. The Morgan fingerprint density at radius 2 is 1.85 bits per heavy atom. The zero-order valence-corrected chi connectivity index (χ0v) is 21.5. The molecular formula is C27H37N3O3S. The van der Waals surface area contributed by atoms with E-state index >= 15 is 0 Å². The van der Waals surface area contributed by atoms with E-state index in [0.29, 0.717) is 60.3 Å². The second-order valence-corrected chi connectivity index (χ2v) is 11.6. The summed E-state index contributed by atoms with van der Waals surface area (Å²) in [7, 11) is -3.73. The third-order valence-corrected chi connectivity index (χ3v) is 8.75. The number of carbonyl (C=O) groups is 1. The molecule has 1 N–H and O–H groups in total. The van der Waals surface area contributed by atoms with Crippen LogP contribution in [0, 0.1) is 5.92 Å². The predicted molar refractivity (Wildman–Crippen MR) is 138 cm³/mol. The number of hydrogen-bond donors (Lipinski definition) is 1. The van der Waals surface area contributed by atoms with Crippen molar-refractivity contribution in [2.24, 2.45) is 10.3 Å². The van der Waals surface area contributed by atoms with Crippen LogP contribution in [0.3, 0.4) is 0 Å². The Hall–Kier alpha value is -2.41. The molecule has 0 atom stereocenters. The maximum absolute atomic E-state index is 12.9. The van der Waals surface area contributed by atoms with Crippen LogP contribution in [0.1, 0.15) is 82.8 Å². The van der Waals surface area contributed by atoms with Crippen LogP contribution in [0.25, 0.3) is 4.91 Å². The van der Waals surface area contributed by atoms with Gasteiger partial charge in [-0.25, -0.2) is 0 Å². The molecule has 0 saturated carbocycles. The molecular weight excluding hydrogens is 446 g/mol. The van der Waals surface area contributed by atoms with Crippen LogP contribution in [0.15, 0.2) is 45.9 Å². The first kappa shape index (κ1) is 24.7. The highest BCUT2D eigenvalue weighted by atomic mass is 32.2. The van der Waals surface area contributed by atoms with Crippen LogP contribution in [-0.4, -0.2) is 44.7 Å². The zero-order chi connectivity index (χ0) is 24.3. The van der Waals surface area contributed by atoms with Crippen LogP contribution < -0.4 is 5.32 Å². The fraction of sp³-hybridized carbons (Fsp3) is 0.556. The fourth-order valence-electron chi connectivity index (χ4n) is 5.18. The summed E-state index contributed by atoms with van der Waals surface area (Å²) in [4.78, 5) is 15.0. The smallest absolute Gasteiger partial charge is 0.285 e. The number of piperidine rings is 1. The number of carbonyl (C=O) groups excluding carboxylic acids is 1. The van der Waals surface area contributed by atoms with E-state index in [9.17, 15) is 13.2 Å². The van der Waals surface area contributed by atoms with E-state index in [1.54, 1.807) is 0 Å². The third kappa shape index (κ3) is 5.45. The lowest BCUT2D eigenvalue weighted by Gasteiger charge is -2.33. The summed E-state index contributed by atoms with van der Waals surface area (Å²) < 4.78 is 30.0. The number of rotatable bonds is 6. The molecule has 4 rings (SSSR count). The molecule has 0 unspecified atom stereocenters. The Bertz CT molecular complexity index is 1110. The fourth-order valence-corrected chi connectivity index (χ4v) is 6.66. The van der Waals surface area contributed by atoms with Crippen molar-refractivity contribution in [2.45, 2.75) is 71.6 Å². The van der Waals surface area contributed by atoms with Crippen LogP contribution >= 0.6 is 0 Å². The van der Waals surface area contributed by atoms with Gasteiger partial charge < -0.3 is 10.2 Å². The molecule has 1 aliphatic carbocycles. The molecule has 0 bridgehead atoms. The van der Waals surface area contributed by atoms with Crippen LogP contribution in [-0.2, 0) is 14.8 Å². The summed E-state index contributed by atoms with van der Waals surface area (Å²) in [5.41, 5.74) is 4.03. The van der Waals surface area contributed by atoms with Crippen molar-refractivity contribution in [3.8, 4) is 0 Å². The number of hydrogen-bond acceptors (Lipinski definition) is 4. The minimum absolute atomic E-state index is 0.0254. The first-order chi connectivity index (χ1) is 16.3. The topological polar surface area (TPSA) is 78.8 Å². The molecule has 0 spiro atoms. The summed E-state index contributed by atoms with van der Waals surface area (Å²) >= 11 is 0. The largest absolute Gasteiger partial charge is 0.356 e. The normalized spacial score (nSPS) is 21.0. The lowest BCUT2D eigenvalue weighted by Crippen LogP contribution is -2.43.